The van der Waals surface area contributed by atoms with Gasteiger partial charge in [0.05, 0.1) is 11.4 Å². The highest BCUT2D eigenvalue weighted by molar-refractivity contribution is 5.55. The largest absolute Gasteiger partial charge is 0.317 e. The topological polar surface area (TPSA) is 42.7 Å². The Labute approximate surface area is 113 Å². The minimum absolute atomic E-state index is 0.668. The van der Waals surface area contributed by atoms with Crippen LogP contribution in [0, 0.1) is 0 Å². The monoisotopic (exact) mass is 256 g/mol. The van der Waals surface area contributed by atoms with Crippen molar-refractivity contribution in [3.63, 3.8) is 0 Å². The van der Waals surface area contributed by atoms with E-state index in [1.807, 2.05) is 23.1 Å². The van der Waals surface area contributed by atoms with Crippen molar-refractivity contribution >= 4 is 0 Å². The molecule has 3 heterocycles. The van der Waals surface area contributed by atoms with Crippen LogP contribution in [0.5, 0.6) is 0 Å². The molecule has 0 atom stereocenters. The second-order valence-corrected chi connectivity index (χ2v) is 5.03. The summed E-state index contributed by atoms with van der Waals surface area (Å²) in [6, 6.07) is 6.43. The van der Waals surface area contributed by atoms with E-state index in [0.29, 0.717) is 5.92 Å². The number of hydrogen-bond acceptors (Lipinski definition) is 3. The van der Waals surface area contributed by atoms with Gasteiger partial charge in [0.15, 0.2) is 0 Å². The molecule has 0 bridgehead atoms. The molecule has 4 heteroatoms. The van der Waals surface area contributed by atoms with Crippen molar-refractivity contribution in [3.05, 3.63) is 36.2 Å². The molecule has 2 aromatic rings. The van der Waals surface area contributed by atoms with Crippen molar-refractivity contribution in [1.29, 1.82) is 0 Å². The first kappa shape index (κ1) is 12.4. The summed E-state index contributed by atoms with van der Waals surface area (Å²) in [5, 5.41) is 7.74. The third-order valence-electron chi connectivity index (χ3n) is 3.87. The van der Waals surface area contributed by atoms with E-state index in [2.05, 4.69) is 34.5 Å². The van der Waals surface area contributed by atoms with E-state index in [-0.39, 0.29) is 0 Å². The molecule has 0 aliphatic carbocycles. The van der Waals surface area contributed by atoms with Crippen LogP contribution in [0.1, 0.15) is 31.2 Å². The average Bonchev–Trinajstić information content (AvgIpc) is 2.97. The molecule has 1 fully saturated rings. The molecule has 0 unspecified atom stereocenters. The van der Waals surface area contributed by atoms with Crippen LogP contribution in [-0.2, 0) is 6.54 Å². The van der Waals surface area contributed by atoms with Crippen LogP contribution >= 0.6 is 0 Å². The number of aromatic nitrogens is 3. The molecular formula is C15H20N4. The van der Waals surface area contributed by atoms with Crippen molar-refractivity contribution in [1.82, 2.24) is 20.1 Å². The fraction of sp³-hybridized carbons (Fsp3) is 0.467. The first-order valence-electron chi connectivity index (χ1n) is 7.07. The molecule has 1 aliphatic heterocycles. The van der Waals surface area contributed by atoms with Crippen LogP contribution in [0.4, 0.5) is 0 Å². The first-order valence-corrected chi connectivity index (χ1v) is 7.07. The highest BCUT2D eigenvalue weighted by Gasteiger charge is 2.16. The Morgan fingerprint density at radius 3 is 2.89 bits per heavy atom. The Morgan fingerprint density at radius 2 is 2.11 bits per heavy atom. The average molecular weight is 256 g/mol. The number of nitrogens with one attached hydrogen (secondary N) is 1. The first-order chi connectivity index (χ1) is 9.38. The summed E-state index contributed by atoms with van der Waals surface area (Å²) in [5.41, 5.74) is 3.56. The second kappa shape index (κ2) is 5.53. The number of rotatable bonds is 3. The lowest BCUT2D eigenvalue weighted by Gasteiger charge is -2.23. The van der Waals surface area contributed by atoms with Crippen LogP contribution in [0.3, 0.4) is 0 Å². The molecule has 100 valence electrons. The van der Waals surface area contributed by atoms with Crippen LogP contribution in [0.2, 0.25) is 0 Å². The smallest absolute Gasteiger partial charge is 0.0885 e. The van der Waals surface area contributed by atoms with Gasteiger partial charge in [-0.15, -0.1) is 0 Å². The number of pyridine rings is 1. The van der Waals surface area contributed by atoms with E-state index in [9.17, 15) is 0 Å². The van der Waals surface area contributed by atoms with E-state index in [1.165, 1.54) is 18.4 Å². The summed E-state index contributed by atoms with van der Waals surface area (Å²) in [7, 11) is 0. The van der Waals surface area contributed by atoms with E-state index in [4.69, 9.17) is 0 Å². The molecule has 3 rings (SSSR count). The Kier molecular flexibility index (Phi) is 3.60. The van der Waals surface area contributed by atoms with Gasteiger partial charge in [0.2, 0.25) is 0 Å². The maximum absolute atomic E-state index is 4.51. The Balaban J connectivity index is 1.91. The quantitative estimate of drug-likeness (QED) is 0.917. The molecule has 0 saturated carbocycles. The van der Waals surface area contributed by atoms with Crippen molar-refractivity contribution in [2.24, 2.45) is 0 Å². The molecule has 0 spiro atoms. The third-order valence-corrected chi connectivity index (χ3v) is 3.87. The van der Waals surface area contributed by atoms with Gasteiger partial charge < -0.3 is 5.32 Å². The fourth-order valence-electron chi connectivity index (χ4n) is 2.80. The van der Waals surface area contributed by atoms with Crippen LogP contribution < -0.4 is 5.32 Å². The SMILES string of the molecule is CCn1nccc1-c1cc(C2CCNCC2)ccn1. The predicted octanol–water partition coefficient (Wildman–Crippen LogP) is 2.43. The van der Waals surface area contributed by atoms with E-state index < -0.39 is 0 Å². The van der Waals surface area contributed by atoms with Crippen LogP contribution in [0.25, 0.3) is 11.4 Å². The zero-order valence-electron chi connectivity index (χ0n) is 11.3. The Hall–Kier alpha value is -1.68. The van der Waals surface area contributed by atoms with Crippen molar-refractivity contribution in [2.75, 3.05) is 13.1 Å². The molecule has 0 aromatic carbocycles. The lowest BCUT2D eigenvalue weighted by molar-refractivity contribution is 0.460. The summed E-state index contributed by atoms with van der Waals surface area (Å²) < 4.78 is 1.99. The Bertz CT molecular complexity index is 541. The summed E-state index contributed by atoms with van der Waals surface area (Å²) >= 11 is 0. The number of nitrogens with zero attached hydrogens (tertiary/aromatic N) is 3. The minimum Gasteiger partial charge on any atom is -0.317 e. The van der Waals surface area contributed by atoms with Crippen LogP contribution in [-0.4, -0.2) is 27.9 Å². The molecule has 1 aliphatic rings. The maximum atomic E-state index is 4.51. The lowest BCUT2D eigenvalue weighted by Crippen LogP contribution is -2.26. The normalized spacial score (nSPS) is 16.7. The second-order valence-electron chi connectivity index (χ2n) is 5.03. The summed E-state index contributed by atoms with van der Waals surface area (Å²) in [5.74, 6) is 0.668. The lowest BCUT2D eigenvalue weighted by atomic mass is 9.90. The van der Waals surface area contributed by atoms with Gasteiger partial charge in [-0.1, -0.05) is 0 Å². The number of aryl methyl sites for hydroxylation is 1. The molecular weight excluding hydrogens is 236 g/mol. The van der Waals surface area contributed by atoms with Gasteiger partial charge in [-0.05, 0) is 62.5 Å². The zero-order chi connectivity index (χ0) is 13.1. The maximum Gasteiger partial charge on any atom is 0.0885 e. The van der Waals surface area contributed by atoms with Crippen LogP contribution in [0.15, 0.2) is 30.6 Å². The van der Waals surface area contributed by atoms with Gasteiger partial charge in [0.1, 0.15) is 0 Å². The third kappa shape index (κ3) is 2.54. The van der Waals surface area contributed by atoms with Crippen molar-refractivity contribution in [3.8, 4) is 11.4 Å². The van der Waals surface area contributed by atoms with Gasteiger partial charge in [0.25, 0.3) is 0 Å². The molecule has 19 heavy (non-hydrogen) atoms. The van der Waals surface area contributed by atoms with Gasteiger partial charge in [0, 0.05) is 18.9 Å². The Morgan fingerprint density at radius 1 is 1.26 bits per heavy atom. The predicted molar refractivity (Wildman–Crippen MR) is 76.0 cm³/mol. The highest BCUT2D eigenvalue weighted by Crippen LogP contribution is 2.27. The number of piperidine rings is 1. The van der Waals surface area contributed by atoms with Gasteiger partial charge >= 0.3 is 0 Å². The molecule has 1 saturated heterocycles. The van der Waals surface area contributed by atoms with E-state index in [1.54, 1.807) is 0 Å². The summed E-state index contributed by atoms with van der Waals surface area (Å²) in [4.78, 5) is 4.51. The molecule has 1 N–H and O–H groups in total. The van der Waals surface area contributed by atoms with Crippen molar-refractivity contribution in [2.45, 2.75) is 32.2 Å². The minimum atomic E-state index is 0.668. The van der Waals surface area contributed by atoms with Gasteiger partial charge in [-0.2, -0.15) is 5.10 Å². The van der Waals surface area contributed by atoms with E-state index >= 15 is 0 Å². The van der Waals surface area contributed by atoms with E-state index in [0.717, 1.165) is 31.0 Å². The highest BCUT2D eigenvalue weighted by atomic mass is 15.3. The molecule has 4 nitrogen and oxygen atoms in total. The van der Waals surface area contributed by atoms with Gasteiger partial charge in [-0.25, -0.2) is 0 Å². The zero-order valence-corrected chi connectivity index (χ0v) is 11.3. The molecule has 2 aromatic heterocycles. The standard InChI is InChI=1S/C15H20N4/c1-2-19-15(6-10-18-19)14-11-13(5-9-17-14)12-3-7-16-8-4-12/h5-6,9-12,16H,2-4,7-8H2,1H3. The molecule has 0 radical (unpaired) electrons. The van der Waals surface area contributed by atoms with Crippen molar-refractivity contribution < 1.29 is 0 Å². The molecule has 0 amide bonds. The number of hydrogen-bond donors (Lipinski definition) is 1. The summed E-state index contributed by atoms with van der Waals surface area (Å²) in [6.45, 7) is 5.22. The summed E-state index contributed by atoms with van der Waals surface area (Å²) in [6.07, 6.45) is 6.21. The van der Waals surface area contributed by atoms with Gasteiger partial charge in [-0.3, -0.25) is 9.67 Å². The fourth-order valence-corrected chi connectivity index (χ4v) is 2.80.